The van der Waals surface area contributed by atoms with E-state index >= 15 is 0 Å². The number of hydrogen-bond acceptors (Lipinski definition) is 4. The number of benzene rings is 2. The number of anilines is 2. The Kier molecular flexibility index (Phi) is 4.15. The third-order valence-corrected chi connectivity index (χ3v) is 3.57. The maximum atomic E-state index is 12.2. The van der Waals surface area contributed by atoms with E-state index in [1.165, 1.54) is 12.1 Å². The number of aromatic hydroxyl groups is 1. The third-order valence-electron chi connectivity index (χ3n) is 3.57. The van der Waals surface area contributed by atoms with Crippen LogP contribution in [0.1, 0.15) is 16.8 Å². The first-order chi connectivity index (χ1) is 11.5. The molecular formula is C17H15N3O4. The van der Waals surface area contributed by atoms with Crippen LogP contribution >= 0.6 is 0 Å². The number of fused-ring (bicyclic) bond motifs is 1. The first-order valence-corrected chi connectivity index (χ1v) is 7.32. The second-order valence-electron chi connectivity index (χ2n) is 5.36. The molecule has 24 heavy (non-hydrogen) atoms. The highest BCUT2D eigenvalue weighted by Gasteiger charge is 2.29. The molecule has 1 atom stereocenters. The second-order valence-corrected chi connectivity index (χ2v) is 5.36. The molecule has 0 unspecified atom stereocenters. The van der Waals surface area contributed by atoms with Crippen molar-refractivity contribution in [1.29, 1.82) is 0 Å². The molecule has 0 aliphatic carbocycles. The molecule has 3 amide bonds. The zero-order valence-electron chi connectivity index (χ0n) is 12.6. The minimum Gasteiger partial charge on any atom is -0.508 e. The molecular weight excluding hydrogens is 310 g/mol. The van der Waals surface area contributed by atoms with Gasteiger partial charge in [-0.25, -0.2) is 0 Å². The van der Waals surface area contributed by atoms with Crippen LogP contribution < -0.4 is 16.0 Å². The van der Waals surface area contributed by atoms with Gasteiger partial charge in [0.2, 0.25) is 11.8 Å². The van der Waals surface area contributed by atoms with Crippen molar-refractivity contribution < 1.29 is 19.5 Å². The molecule has 4 N–H and O–H groups in total. The number of carbonyl (C=O) groups is 3. The van der Waals surface area contributed by atoms with Crippen LogP contribution in [-0.4, -0.2) is 28.9 Å². The quantitative estimate of drug-likeness (QED) is 0.685. The predicted octanol–water partition coefficient (Wildman–Crippen LogP) is 1.47. The van der Waals surface area contributed by atoms with E-state index < -0.39 is 23.8 Å². The molecule has 7 heteroatoms. The van der Waals surface area contributed by atoms with Crippen LogP contribution in [-0.2, 0) is 9.59 Å². The molecule has 0 bridgehead atoms. The van der Waals surface area contributed by atoms with Crippen LogP contribution in [0.25, 0.3) is 0 Å². The molecule has 0 saturated carbocycles. The summed E-state index contributed by atoms with van der Waals surface area (Å²) in [5.74, 6) is -1.31. The van der Waals surface area contributed by atoms with Gasteiger partial charge in [-0.2, -0.15) is 0 Å². The first kappa shape index (κ1) is 15.5. The maximum absolute atomic E-state index is 12.2. The summed E-state index contributed by atoms with van der Waals surface area (Å²) >= 11 is 0. The number of amides is 3. The van der Waals surface area contributed by atoms with Gasteiger partial charge in [0, 0.05) is 11.8 Å². The Balaban J connectivity index is 1.70. The molecule has 0 saturated heterocycles. The molecule has 0 fully saturated rings. The zero-order valence-corrected chi connectivity index (χ0v) is 12.6. The molecule has 1 heterocycles. The van der Waals surface area contributed by atoms with Crippen LogP contribution in [0, 0.1) is 0 Å². The van der Waals surface area contributed by atoms with Crippen molar-refractivity contribution in [3.05, 3.63) is 54.1 Å². The largest absolute Gasteiger partial charge is 0.508 e. The van der Waals surface area contributed by atoms with Gasteiger partial charge in [-0.1, -0.05) is 18.2 Å². The molecule has 1 aliphatic heterocycles. The summed E-state index contributed by atoms with van der Waals surface area (Å²) in [5.41, 5.74) is 1.17. The van der Waals surface area contributed by atoms with Gasteiger partial charge < -0.3 is 21.1 Å². The van der Waals surface area contributed by atoms with E-state index in [-0.39, 0.29) is 12.2 Å². The van der Waals surface area contributed by atoms with Crippen molar-refractivity contribution in [3.63, 3.8) is 0 Å². The number of hydrogen-bond donors (Lipinski definition) is 4. The van der Waals surface area contributed by atoms with Crippen molar-refractivity contribution in [2.75, 3.05) is 10.6 Å². The monoisotopic (exact) mass is 325 g/mol. The Hall–Kier alpha value is -3.35. The smallest absolute Gasteiger partial charge is 0.254 e. The zero-order chi connectivity index (χ0) is 17.1. The topological polar surface area (TPSA) is 108 Å². The standard InChI is InChI=1S/C17H15N3O4/c21-11-5-3-4-10(8-11)18-15(22)9-14-17(24)19-13-7-2-1-6-12(13)16(23)20-14/h1-8,14,21H,9H2,(H,18,22)(H,19,24)(H,20,23)/t14-/m1/s1. The van der Waals surface area contributed by atoms with Gasteiger partial charge in [-0.15, -0.1) is 0 Å². The number of nitrogens with one attached hydrogen (secondary N) is 3. The Morgan fingerprint density at radius 2 is 1.92 bits per heavy atom. The van der Waals surface area contributed by atoms with Crippen LogP contribution in [0.3, 0.4) is 0 Å². The van der Waals surface area contributed by atoms with Gasteiger partial charge in [0.1, 0.15) is 11.8 Å². The molecule has 2 aromatic rings. The summed E-state index contributed by atoms with van der Waals surface area (Å²) in [6.45, 7) is 0. The average Bonchev–Trinajstić information content (AvgIpc) is 2.65. The second kappa shape index (κ2) is 6.41. The van der Waals surface area contributed by atoms with Gasteiger partial charge in [-0.3, -0.25) is 14.4 Å². The number of phenolic OH excluding ortho intramolecular Hbond substituents is 1. The molecule has 2 aromatic carbocycles. The number of para-hydroxylation sites is 1. The lowest BCUT2D eigenvalue weighted by Crippen LogP contribution is -2.43. The number of rotatable bonds is 3. The summed E-state index contributed by atoms with van der Waals surface area (Å²) in [6.07, 6.45) is -0.221. The molecule has 1 aliphatic rings. The Morgan fingerprint density at radius 3 is 2.71 bits per heavy atom. The van der Waals surface area contributed by atoms with Crippen LogP contribution in [0.5, 0.6) is 5.75 Å². The van der Waals surface area contributed by atoms with E-state index in [9.17, 15) is 19.5 Å². The average molecular weight is 325 g/mol. The van der Waals surface area contributed by atoms with E-state index in [0.29, 0.717) is 16.9 Å². The molecule has 0 spiro atoms. The van der Waals surface area contributed by atoms with Crippen LogP contribution in [0.2, 0.25) is 0 Å². The van der Waals surface area contributed by atoms with Gasteiger partial charge in [0.25, 0.3) is 5.91 Å². The predicted molar refractivity (Wildman–Crippen MR) is 87.7 cm³/mol. The Labute approximate surface area is 137 Å². The normalized spacial score (nSPS) is 16.4. The van der Waals surface area contributed by atoms with E-state index in [2.05, 4.69) is 16.0 Å². The first-order valence-electron chi connectivity index (χ1n) is 7.32. The third kappa shape index (κ3) is 3.35. The highest BCUT2D eigenvalue weighted by Crippen LogP contribution is 2.19. The minimum atomic E-state index is -0.984. The van der Waals surface area contributed by atoms with Crippen LogP contribution in [0.15, 0.2) is 48.5 Å². The Morgan fingerprint density at radius 1 is 1.12 bits per heavy atom. The number of phenols is 1. The molecule has 0 radical (unpaired) electrons. The maximum Gasteiger partial charge on any atom is 0.254 e. The summed E-state index contributed by atoms with van der Waals surface area (Å²) < 4.78 is 0. The van der Waals surface area contributed by atoms with Crippen molar-refractivity contribution in [3.8, 4) is 5.75 Å². The lowest BCUT2D eigenvalue weighted by Gasteiger charge is -2.14. The van der Waals surface area contributed by atoms with E-state index in [0.717, 1.165) is 0 Å². The molecule has 3 rings (SSSR count). The summed E-state index contributed by atoms with van der Waals surface area (Å²) in [6, 6.07) is 11.7. The Bertz CT molecular complexity index is 819. The lowest BCUT2D eigenvalue weighted by atomic mass is 10.1. The fourth-order valence-corrected chi connectivity index (χ4v) is 2.44. The van der Waals surface area contributed by atoms with Gasteiger partial charge in [-0.05, 0) is 24.3 Å². The van der Waals surface area contributed by atoms with E-state index in [1.807, 2.05) is 0 Å². The highest BCUT2D eigenvalue weighted by atomic mass is 16.3. The summed E-state index contributed by atoms with van der Waals surface area (Å²) in [4.78, 5) is 36.5. The van der Waals surface area contributed by atoms with Crippen molar-refractivity contribution in [2.45, 2.75) is 12.5 Å². The minimum absolute atomic E-state index is 0.0174. The van der Waals surface area contributed by atoms with Crippen LogP contribution in [0.4, 0.5) is 11.4 Å². The number of carbonyl (C=O) groups excluding carboxylic acids is 3. The van der Waals surface area contributed by atoms with Crippen molar-refractivity contribution >= 4 is 29.1 Å². The van der Waals surface area contributed by atoms with Crippen molar-refractivity contribution in [1.82, 2.24) is 5.32 Å². The lowest BCUT2D eigenvalue weighted by molar-refractivity contribution is -0.122. The fourth-order valence-electron chi connectivity index (χ4n) is 2.44. The molecule has 7 nitrogen and oxygen atoms in total. The molecule has 0 aromatic heterocycles. The van der Waals surface area contributed by atoms with Gasteiger partial charge in [0.05, 0.1) is 17.7 Å². The van der Waals surface area contributed by atoms with E-state index in [1.54, 1.807) is 36.4 Å². The highest BCUT2D eigenvalue weighted by molar-refractivity contribution is 6.11. The fraction of sp³-hybridized carbons (Fsp3) is 0.118. The van der Waals surface area contributed by atoms with E-state index in [4.69, 9.17) is 0 Å². The molecule has 122 valence electrons. The summed E-state index contributed by atoms with van der Waals surface area (Å²) in [7, 11) is 0. The van der Waals surface area contributed by atoms with Crippen molar-refractivity contribution in [2.24, 2.45) is 0 Å². The summed E-state index contributed by atoms with van der Waals surface area (Å²) in [5, 5.41) is 17.2. The van der Waals surface area contributed by atoms with Gasteiger partial charge >= 0.3 is 0 Å². The SMILES string of the molecule is O=C(C[C@H]1NC(=O)c2ccccc2NC1=O)Nc1cccc(O)c1. The van der Waals surface area contributed by atoms with Gasteiger partial charge in [0.15, 0.2) is 0 Å².